The number of hydrogen-bond donors (Lipinski definition) is 0. The first-order chi connectivity index (χ1) is 22.8. The van der Waals surface area contributed by atoms with Crippen LogP contribution in [0.3, 0.4) is 0 Å². The van der Waals surface area contributed by atoms with Crippen LogP contribution in [0.25, 0.3) is 92.0 Å². The zero-order valence-electron chi connectivity index (χ0n) is 24.7. The molecule has 0 saturated carbocycles. The molecule has 46 heavy (non-hydrogen) atoms. The molecule has 0 atom stereocenters. The highest BCUT2D eigenvalue weighted by atomic mass is 32.1. The summed E-state index contributed by atoms with van der Waals surface area (Å²) in [6, 6.07) is 54.2. The fraction of sp³-hybridized carbons (Fsp3) is 0. The van der Waals surface area contributed by atoms with Gasteiger partial charge in [0, 0.05) is 52.8 Å². The van der Waals surface area contributed by atoms with Crippen molar-refractivity contribution in [2.24, 2.45) is 0 Å². The number of thiophene rings is 1. The van der Waals surface area contributed by atoms with E-state index in [4.69, 9.17) is 9.97 Å². The largest absolute Gasteiger partial charge is 0.277 e. The molecule has 0 N–H and O–H groups in total. The lowest BCUT2D eigenvalue weighted by atomic mass is 10.00. The van der Waals surface area contributed by atoms with Gasteiger partial charge in [-0.25, -0.2) is 9.97 Å². The Morgan fingerprint density at radius 1 is 0.435 bits per heavy atom. The van der Waals surface area contributed by atoms with Crippen LogP contribution in [-0.2, 0) is 0 Å². The average Bonchev–Trinajstić information content (AvgIpc) is 3.67. The summed E-state index contributed by atoms with van der Waals surface area (Å²) in [5, 5.41) is 8.40. The van der Waals surface area contributed by atoms with Crippen molar-refractivity contribution in [2.75, 3.05) is 0 Å². The minimum Gasteiger partial charge on any atom is -0.277 e. The first kappa shape index (κ1) is 25.5. The molecule has 0 amide bonds. The topological polar surface area (TPSA) is 30.7 Å². The SMILES string of the molecule is c1ccc(-c2nc(-n3c4c(-c5ccc6c(c5)sc5ccccc56)cccc4c4ccc5ccccc5c43)nc3ccccc23)cc1. The van der Waals surface area contributed by atoms with E-state index in [1.807, 2.05) is 17.4 Å². The van der Waals surface area contributed by atoms with Crippen LogP contribution < -0.4 is 0 Å². The van der Waals surface area contributed by atoms with E-state index in [1.54, 1.807) is 0 Å². The van der Waals surface area contributed by atoms with Crippen LogP contribution in [0.5, 0.6) is 0 Å². The second-order valence-corrected chi connectivity index (χ2v) is 12.9. The van der Waals surface area contributed by atoms with E-state index in [1.165, 1.54) is 47.3 Å². The molecule has 0 spiro atoms. The Kier molecular flexibility index (Phi) is 5.45. The summed E-state index contributed by atoms with van der Waals surface area (Å²) < 4.78 is 4.92. The van der Waals surface area contributed by atoms with Gasteiger partial charge in [0.25, 0.3) is 0 Å². The number of nitrogens with zero attached hydrogens (tertiary/aromatic N) is 3. The van der Waals surface area contributed by atoms with Gasteiger partial charge in [-0.1, -0.05) is 133 Å². The molecule has 0 aliphatic heterocycles. The summed E-state index contributed by atoms with van der Waals surface area (Å²) in [6.07, 6.45) is 0. The summed E-state index contributed by atoms with van der Waals surface area (Å²) in [5.41, 5.74) is 7.51. The average molecular weight is 604 g/mol. The van der Waals surface area contributed by atoms with Crippen LogP contribution in [0.2, 0.25) is 0 Å². The molecular weight excluding hydrogens is 579 g/mol. The molecular formula is C42H25N3S. The van der Waals surface area contributed by atoms with Gasteiger partial charge in [0.2, 0.25) is 5.95 Å². The quantitative estimate of drug-likeness (QED) is 0.201. The fourth-order valence-electron chi connectivity index (χ4n) is 7.13. The summed E-state index contributed by atoms with van der Waals surface area (Å²) in [5.74, 6) is 0.671. The van der Waals surface area contributed by atoms with Gasteiger partial charge in [-0.05, 0) is 29.1 Å². The Balaban J connectivity index is 1.36. The van der Waals surface area contributed by atoms with Gasteiger partial charge in [-0.2, -0.15) is 0 Å². The van der Waals surface area contributed by atoms with Crippen LogP contribution in [0.15, 0.2) is 152 Å². The number of rotatable bonds is 3. The molecule has 3 heterocycles. The monoisotopic (exact) mass is 603 g/mol. The van der Waals surface area contributed by atoms with E-state index in [9.17, 15) is 0 Å². The van der Waals surface area contributed by atoms with Crippen LogP contribution in [0.1, 0.15) is 0 Å². The minimum atomic E-state index is 0.671. The van der Waals surface area contributed by atoms with Gasteiger partial charge < -0.3 is 0 Å². The summed E-state index contributed by atoms with van der Waals surface area (Å²) >= 11 is 1.85. The number of para-hydroxylation sites is 2. The van der Waals surface area contributed by atoms with Crippen molar-refractivity contribution in [3.63, 3.8) is 0 Å². The van der Waals surface area contributed by atoms with E-state index in [-0.39, 0.29) is 0 Å². The standard InChI is InChI=1S/C42H25N3S/c1-2-12-27(13-3-1)39-35-16-6-8-19-36(35)43-42(44-39)45-40-29-14-5-4-11-26(29)21-24-34(40)33-18-10-17-30(41(33)45)28-22-23-32-31-15-7-9-20-37(31)46-38(32)25-28/h1-25H. The maximum Gasteiger partial charge on any atom is 0.235 e. The molecule has 7 aromatic carbocycles. The lowest BCUT2D eigenvalue weighted by Crippen LogP contribution is -2.04. The van der Waals surface area contributed by atoms with E-state index < -0.39 is 0 Å². The minimum absolute atomic E-state index is 0.671. The molecule has 0 fully saturated rings. The first-order valence-corrected chi connectivity index (χ1v) is 16.3. The van der Waals surface area contributed by atoms with Crippen molar-refractivity contribution < 1.29 is 0 Å². The second-order valence-electron chi connectivity index (χ2n) is 11.8. The maximum absolute atomic E-state index is 5.39. The van der Waals surface area contributed by atoms with Gasteiger partial charge in [-0.15, -0.1) is 11.3 Å². The Hall–Kier alpha value is -5.84. The number of hydrogen-bond acceptors (Lipinski definition) is 3. The summed E-state index contributed by atoms with van der Waals surface area (Å²) in [7, 11) is 0. The highest BCUT2D eigenvalue weighted by molar-refractivity contribution is 7.25. The van der Waals surface area contributed by atoms with Crippen molar-refractivity contribution >= 4 is 75.0 Å². The molecule has 3 aromatic heterocycles. The molecule has 0 radical (unpaired) electrons. The molecule has 0 saturated heterocycles. The maximum atomic E-state index is 5.39. The van der Waals surface area contributed by atoms with Crippen molar-refractivity contribution in [3.8, 4) is 28.3 Å². The van der Waals surface area contributed by atoms with Crippen LogP contribution in [0.4, 0.5) is 0 Å². The predicted molar refractivity (Wildman–Crippen MR) is 195 cm³/mol. The molecule has 0 aliphatic carbocycles. The first-order valence-electron chi connectivity index (χ1n) is 15.5. The number of benzene rings is 7. The predicted octanol–water partition coefficient (Wildman–Crippen LogP) is 11.6. The van der Waals surface area contributed by atoms with Crippen molar-refractivity contribution in [2.45, 2.75) is 0 Å². The Labute approximate surface area is 268 Å². The van der Waals surface area contributed by atoms with Crippen LogP contribution >= 0.6 is 11.3 Å². The molecule has 0 aliphatic rings. The molecule has 0 unspecified atom stereocenters. The summed E-state index contributed by atoms with van der Waals surface area (Å²) in [6.45, 7) is 0. The molecule has 10 rings (SSSR count). The normalized spacial score (nSPS) is 11.9. The van der Waals surface area contributed by atoms with Gasteiger partial charge in [0.15, 0.2) is 0 Å². The third-order valence-electron chi connectivity index (χ3n) is 9.20. The Morgan fingerprint density at radius 2 is 1.13 bits per heavy atom. The van der Waals surface area contributed by atoms with Crippen LogP contribution in [0, 0.1) is 0 Å². The van der Waals surface area contributed by atoms with E-state index >= 15 is 0 Å². The van der Waals surface area contributed by atoms with E-state index in [2.05, 4.69) is 150 Å². The fourth-order valence-corrected chi connectivity index (χ4v) is 8.28. The number of aromatic nitrogens is 3. The Morgan fingerprint density at radius 3 is 2.04 bits per heavy atom. The lowest BCUT2D eigenvalue weighted by Gasteiger charge is -2.14. The smallest absolute Gasteiger partial charge is 0.235 e. The van der Waals surface area contributed by atoms with Crippen molar-refractivity contribution in [1.29, 1.82) is 0 Å². The molecule has 10 aromatic rings. The molecule has 0 bridgehead atoms. The lowest BCUT2D eigenvalue weighted by molar-refractivity contribution is 1.02. The van der Waals surface area contributed by atoms with Crippen molar-refractivity contribution in [3.05, 3.63) is 152 Å². The molecule has 3 nitrogen and oxygen atoms in total. The summed E-state index contributed by atoms with van der Waals surface area (Å²) in [4.78, 5) is 10.7. The molecule has 4 heteroatoms. The zero-order valence-corrected chi connectivity index (χ0v) is 25.5. The number of fused-ring (bicyclic) bond motifs is 9. The van der Waals surface area contributed by atoms with Gasteiger partial charge >= 0.3 is 0 Å². The van der Waals surface area contributed by atoms with Crippen LogP contribution in [-0.4, -0.2) is 14.5 Å². The Bertz CT molecular complexity index is 2810. The van der Waals surface area contributed by atoms with Gasteiger partial charge in [0.1, 0.15) is 0 Å². The zero-order chi connectivity index (χ0) is 30.2. The third kappa shape index (κ3) is 3.71. The molecule has 214 valence electrons. The third-order valence-corrected chi connectivity index (χ3v) is 10.3. The van der Waals surface area contributed by atoms with Crippen molar-refractivity contribution in [1.82, 2.24) is 14.5 Å². The second kappa shape index (κ2) is 9.83. The van der Waals surface area contributed by atoms with E-state index in [0.717, 1.165) is 38.8 Å². The van der Waals surface area contributed by atoms with E-state index in [0.29, 0.717) is 5.95 Å². The van der Waals surface area contributed by atoms with Gasteiger partial charge in [-0.3, -0.25) is 4.57 Å². The highest BCUT2D eigenvalue weighted by Gasteiger charge is 2.22. The highest BCUT2D eigenvalue weighted by Crippen LogP contribution is 2.43. The van der Waals surface area contributed by atoms with Gasteiger partial charge in [0.05, 0.1) is 22.2 Å².